The van der Waals surface area contributed by atoms with E-state index < -0.39 is 0 Å². The molecule has 0 aromatic carbocycles. The third kappa shape index (κ3) is 5.30. The number of hydrogen-bond donors (Lipinski definition) is 0. The average molecular weight is 130 g/mol. The van der Waals surface area contributed by atoms with Gasteiger partial charge in [-0.1, -0.05) is 0 Å². The first-order chi connectivity index (χ1) is 4.16. The number of nitrogens with one attached hydrogen (secondary N) is 1. The molecule has 3 heteroatoms. The van der Waals surface area contributed by atoms with Gasteiger partial charge in [-0.05, 0) is 13.3 Å². The van der Waals surface area contributed by atoms with E-state index in [4.69, 9.17) is 5.73 Å². The van der Waals surface area contributed by atoms with Crippen molar-refractivity contribution in [2.24, 2.45) is 0 Å². The summed E-state index contributed by atoms with van der Waals surface area (Å²) in [6.45, 7) is 1.75. The van der Waals surface area contributed by atoms with Crippen LogP contribution < -0.4 is 5.73 Å². The standard InChI is InChI=1S/C6H12NO2/c1-5(7)3-4-6(8)9-2/h5,7H,3-4H2,1-2H3. The Kier molecular flexibility index (Phi) is 4.05. The molecule has 0 rings (SSSR count). The normalized spacial score (nSPS) is 12.8. The lowest BCUT2D eigenvalue weighted by Gasteiger charge is -2.00. The Morgan fingerprint density at radius 2 is 2.33 bits per heavy atom. The minimum absolute atomic E-state index is 0.163. The molecule has 53 valence electrons. The predicted molar refractivity (Wildman–Crippen MR) is 33.8 cm³/mol. The van der Waals surface area contributed by atoms with E-state index in [1.165, 1.54) is 7.11 Å². The molecule has 1 radical (unpaired) electrons. The fraction of sp³-hybridized carbons (Fsp3) is 0.833. The number of carbonyl (C=O) groups excluding carboxylic acids is 1. The summed E-state index contributed by atoms with van der Waals surface area (Å²) in [5.41, 5.74) is 7.04. The number of hydrogen-bond acceptors (Lipinski definition) is 2. The monoisotopic (exact) mass is 130 g/mol. The van der Waals surface area contributed by atoms with Crippen LogP contribution in [0, 0.1) is 0 Å². The van der Waals surface area contributed by atoms with E-state index in [1.807, 2.05) is 0 Å². The van der Waals surface area contributed by atoms with E-state index >= 15 is 0 Å². The zero-order valence-electron chi connectivity index (χ0n) is 5.81. The second kappa shape index (κ2) is 4.32. The van der Waals surface area contributed by atoms with E-state index in [0.29, 0.717) is 12.8 Å². The highest BCUT2D eigenvalue weighted by Gasteiger charge is 2.01. The van der Waals surface area contributed by atoms with Crippen molar-refractivity contribution in [3.05, 3.63) is 0 Å². The molecule has 0 saturated heterocycles. The van der Waals surface area contributed by atoms with Gasteiger partial charge in [0.1, 0.15) is 0 Å². The summed E-state index contributed by atoms with van der Waals surface area (Å²) in [5.74, 6) is -0.228. The quantitative estimate of drug-likeness (QED) is 0.525. The highest BCUT2D eigenvalue weighted by atomic mass is 16.5. The van der Waals surface area contributed by atoms with Crippen molar-refractivity contribution in [1.29, 1.82) is 0 Å². The van der Waals surface area contributed by atoms with Gasteiger partial charge in [-0.3, -0.25) is 10.5 Å². The maximum absolute atomic E-state index is 10.4. The molecule has 0 aromatic heterocycles. The second-order valence-electron chi connectivity index (χ2n) is 2.02. The van der Waals surface area contributed by atoms with Gasteiger partial charge in [0.25, 0.3) is 0 Å². The van der Waals surface area contributed by atoms with Crippen molar-refractivity contribution in [1.82, 2.24) is 5.73 Å². The molecule has 1 N–H and O–H groups in total. The second-order valence-corrected chi connectivity index (χ2v) is 2.02. The Hall–Kier alpha value is -0.570. The molecule has 9 heavy (non-hydrogen) atoms. The Morgan fingerprint density at radius 3 is 2.67 bits per heavy atom. The van der Waals surface area contributed by atoms with Crippen molar-refractivity contribution in [2.75, 3.05) is 7.11 Å². The van der Waals surface area contributed by atoms with Gasteiger partial charge >= 0.3 is 5.97 Å². The molecule has 0 amide bonds. The number of carbonyl (C=O) groups is 1. The van der Waals surface area contributed by atoms with Crippen LogP contribution in [0.3, 0.4) is 0 Å². The van der Waals surface area contributed by atoms with E-state index in [-0.39, 0.29) is 12.0 Å². The van der Waals surface area contributed by atoms with Crippen LogP contribution in [0.5, 0.6) is 0 Å². The van der Waals surface area contributed by atoms with E-state index in [9.17, 15) is 4.79 Å². The molecule has 1 unspecified atom stereocenters. The number of methoxy groups -OCH3 is 1. The SMILES string of the molecule is COC(=O)CCC(C)[NH]. The summed E-state index contributed by atoms with van der Waals surface area (Å²) in [4.78, 5) is 10.4. The van der Waals surface area contributed by atoms with Crippen LogP contribution in [0.2, 0.25) is 0 Å². The van der Waals surface area contributed by atoms with Crippen LogP contribution in [0.1, 0.15) is 19.8 Å². The third-order valence-electron chi connectivity index (χ3n) is 1.01. The minimum atomic E-state index is -0.228. The summed E-state index contributed by atoms with van der Waals surface area (Å²) in [7, 11) is 1.36. The molecule has 0 aliphatic rings. The molecular formula is C6H12NO2. The van der Waals surface area contributed by atoms with Crippen molar-refractivity contribution in [3.8, 4) is 0 Å². The average Bonchev–Trinajstić information content (AvgIpc) is 1.83. The summed E-state index contributed by atoms with van der Waals surface area (Å²) < 4.78 is 4.38. The highest BCUT2D eigenvalue weighted by molar-refractivity contribution is 5.69. The smallest absolute Gasteiger partial charge is 0.305 e. The summed E-state index contributed by atoms with van der Waals surface area (Å²) in [5, 5.41) is 0. The molecule has 0 spiro atoms. The van der Waals surface area contributed by atoms with Crippen LogP contribution in [0.15, 0.2) is 0 Å². The molecule has 0 heterocycles. The first-order valence-corrected chi connectivity index (χ1v) is 2.94. The van der Waals surface area contributed by atoms with Crippen molar-refractivity contribution in [3.63, 3.8) is 0 Å². The zero-order valence-corrected chi connectivity index (χ0v) is 5.81. The molecule has 0 bridgehead atoms. The number of esters is 1. The molecule has 1 atom stereocenters. The van der Waals surface area contributed by atoms with Crippen molar-refractivity contribution in [2.45, 2.75) is 25.8 Å². The van der Waals surface area contributed by atoms with E-state index in [0.717, 1.165) is 0 Å². The molecular weight excluding hydrogens is 118 g/mol. The van der Waals surface area contributed by atoms with Crippen LogP contribution in [0.4, 0.5) is 0 Å². The lowest BCUT2D eigenvalue weighted by molar-refractivity contribution is -0.140. The Bertz CT molecular complexity index is 91.1. The summed E-state index contributed by atoms with van der Waals surface area (Å²) in [6, 6.07) is -0.163. The first kappa shape index (κ1) is 8.43. The lowest BCUT2D eigenvalue weighted by atomic mass is 10.2. The predicted octanol–water partition coefficient (Wildman–Crippen LogP) is 0.611. The highest BCUT2D eigenvalue weighted by Crippen LogP contribution is 1.95. The number of rotatable bonds is 3. The van der Waals surface area contributed by atoms with Crippen LogP contribution in [0.25, 0.3) is 0 Å². The van der Waals surface area contributed by atoms with Gasteiger partial charge in [0.15, 0.2) is 0 Å². The van der Waals surface area contributed by atoms with Gasteiger partial charge < -0.3 is 4.74 Å². The molecule has 0 fully saturated rings. The van der Waals surface area contributed by atoms with Gasteiger partial charge in [0.2, 0.25) is 0 Å². The van der Waals surface area contributed by atoms with Gasteiger partial charge in [-0.15, -0.1) is 0 Å². The molecule has 0 saturated carbocycles. The molecule has 3 nitrogen and oxygen atoms in total. The Balaban J connectivity index is 3.17. The van der Waals surface area contributed by atoms with Gasteiger partial charge in [0.05, 0.1) is 7.11 Å². The van der Waals surface area contributed by atoms with E-state index in [1.54, 1.807) is 6.92 Å². The summed E-state index contributed by atoms with van der Waals surface area (Å²) in [6.07, 6.45) is 0.952. The van der Waals surface area contributed by atoms with Crippen molar-refractivity contribution < 1.29 is 9.53 Å². The van der Waals surface area contributed by atoms with Crippen molar-refractivity contribution >= 4 is 5.97 Å². The van der Waals surface area contributed by atoms with Crippen LogP contribution in [-0.4, -0.2) is 19.1 Å². The van der Waals surface area contributed by atoms with Crippen LogP contribution >= 0.6 is 0 Å². The van der Waals surface area contributed by atoms with Gasteiger partial charge in [-0.2, -0.15) is 0 Å². The fourth-order valence-electron chi connectivity index (χ4n) is 0.436. The van der Waals surface area contributed by atoms with Gasteiger partial charge in [0, 0.05) is 12.5 Å². The summed E-state index contributed by atoms with van der Waals surface area (Å²) >= 11 is 0. The topological polar surface area (TPSA) is 50.1 Å². The number of ether oxygens (including phenoxy) is 1. The lowest BCUT2D eigenvalue weighted by Crippen LogP contribution is -2.07. The van der Waals surface area contributed by atoms with E-state index in [2.05, 4.69) is 4.74 Å². The Labute approximate surface area is 55.2 Å². The maximum atomic E-state index is 10.4. The maximum Gasteiger partial charge on any atom is 0.305 e. The molecule has 0 aromatic rings. The fourth-order valence-corrected chi connectivity index (χ4v) is 0.436. The Morgan fingerprint density at radius 1 is 1.78 bits per heavy atom. The molecule has 0 aliphatic carbocycles. The third-order valence-corrected chi connectivity index (χ3v) is 1.01. The minimum Gasteiger partial charge on any atom is -0.469 e. The largest absolute Gasteiger partial charge is 0.469 e. The van der Waals surface area contributed by atoms with Gasteiger partial charge in [-0.25, -0.2) is 0 Å². The van der Waals surface area contributed by atoms with Crippen LogP contribution in [-0.2, 0) is 9.53 Å². The molecule has 0 aliphatic heterocycles. The zero-order chi connectivity index (χ0) is 7.28. The first-order valence-electron chi connectivity index (χ1n) is 2.94.